The molecule has 0 aliphatic heterocycles. The van der Waals surface area contributed by atoms with Crippen LogP contribution in [0, 0.1) is 96.7 Å². The fraction of sp³-hybridized carbons (Fsp3) is 0.434. The molecule has 0 unspecified atom stereocenters. The number of benzene rings is 8. The van der Waals surface area contributed by atoms with Crippen molar-refractivity contribution in [1.82, 2.24) is 0 Å². The van der Waals surface area contributed by atoms with Crippen molar-refractivity contribution in [3.8, 4) is 96.7 Å². The van der Waals surface area contributed by atoms with Gasteiger partial charge >= 0.3 is 0 Å². The Kier molecular flexibility index (Phi) is 39.6. The van der Waals surface area contributed by atoms with Crippen LogP contribution in [0.2, 0.25) is 0 Å². The van der Waals surface area contributed by atoms with Crippen molar-refractivity contribution in [2.45, 2.75) is 318 Å². The highest BCUT2D eigenvalue weighted by Gasteiger charge is 2.38. The zero-order valence-electron chi connectivity index (χ0n) is 71.0. The van der Waals surface area contributed by atoms with Crippen LogP contribution in [0.15, 0.2) is 146 Å². The van der Waals surface area contributed by atoms with E-state index in [0.29, 0.717) is 0 Å². The highest BCUT2D eigenvalue weighted by Crippen LogP contribution is 2.46. The lowest BCUT2D eigenvalue weighted by Crippen LogP contribution is -2.31. The van der Waals surface area contributed by atoms with Crippen molar-refractivity contribution >= 4 is 0 Å². The van der Waals surface area contributed by atoms with Crippen LogP contribution < -0.4 is 0 Å². The molecule has 584 valence electrons. The van der Waals surface area contributed by atoms with Gasteiger partial charge in [0.25, 0.3) is 0 Å². The quantitative estimate of drug-likeness (QED) is 0.0203. The third-order valence-electron chi connectivity index (χ3n) is 23.0. The number of rotatable bonds is 44. The summed E-state index contributed by atoms with van der Waals surface area (Å²) in [5.41, 5.74) is 25.7. The SMILES string of the molecule is C#Cc1cc(CCCCCC)c(C#Cc2ccc(C(c3ccc(C#Cc4cc(CCCCCC)c(C#C)cc4CCCCCC)cc3)(c3ccc(C#Cc4cc(CCCCCC)c(C#C)cc4CCCCCC)cc3)c3ccc(C#Cc4cc(CCCCCC)c(C#C)cc4CCCCCC)cc3)cc2)cc1CCCCCC. The summed E-state index contributed by atoms with van der Waals surface area (Å²) in [7, 11) is 0. The summed E-state index contributed by atoms with van der Waals surface area (Å²) >= 11 is 0. The van der Waals surface area contributed by atoms with Gasteiger partial charge in [0.15, 0.2) is 0 Å². The third kappa shape index (κ3) is 27.2. The Morgan fingerprint density at radius 1 is 0.186 bits per heavy atom. The molecule has 8 rings (SSSR count). The van der Waals surface area contributed by atoms with Crippen LogP contribution >= 0.6 is 0 Å². The van der Waals surface area contributed by atoms with Gasteiger partial charge in [-0.25, -0.2) is 0 Å². The third-order valence-corrected chi connectivity index (χ3v) is 23.0. The molecule has 0 spiro atoms. The summed E-state index contributed by atoms with van der Waals surface area (Å²) in [5.74, 6) is 42.1. The lowest BCUT2D eigenvalue weighted by molar-refractivity contribution is 0.662. The van der Waals surface area contributed by atoms with Gasteiger partial charge in [0.05, 0.1) is 5.41 Å². The predicted octanol–water partition coefficient (Wildman–Crippen LogP) is 28.6. The van der Waals surface area contributed by atoms with Crippen molar-refractivity contribution in [2.75, 3.05) is 0 Å². The molecule has 0 radical (unpaired) electrons. The van der Waals surface area contributed by atoms with E-state index in [0.717, 1.165) is 192 Å². The smallest absolute Gasteiger partial charge is 0.0701 e. The minimum absolute atomic E-state index is 0.852. The molecule has 0 bridgehead atoms. The average molecular weight is 1490 g/mol. The minimum Gasteiger partial charge on any atom is -0.115 e. The summed E-state index contributed by atoms with van der Waals surface area (Å²) < 4.78 is 0. The first-order chi connectivity index (χ1) is 55.5. The van der Waals surface area contributed by atoms with Crippen molar-refractivity contribution < 1.29 is 0 Å². The Hall–Kier alpha value is -9.76. The minimum atomic E-state index is -0.852. The summed E-state index contributed by atoms with van der Waals surface area (Å²) in [6.07, 6.45) is 70.6. The Balaban J connectivity index is 1.35. The Bertz CT molecular complexity index is 4100. The first kappa shape index (κ1) is 88.8. The molecular weight excluding hydrogens is 1360 g/mol. The van der Waals surface area contributed by atoms with Gasteiger partial charge in [-0.1, -0.05) is 329 Å². The molecule has 0 atom stereocenters. The molecule has 0 fully saturated rings. The maximum Gasteiger partial charge on any atom is 0.0701 e. The van der Waals surface area contributed by atoms with E-state index in [4.69, 9.17) is 25.7 Å². The van der Waals surface area contributed by atoms with Gasteiger partial charge in [-0.15, -0.1) is 25.7 Å². The van der Waals surface area contributed by atoms with E-state index in [-0.39, 0.29) is 0 Å². The summed E-state index contributed by atoms with van der Waals surface area (Å²) in [4.78, 5) is 0. The van der Waals surface area contributed by atoms with E-state index in [1.165, 1.54) is 199 Å². The topological polar surface area (TPSA) is 0 Å². The number of hydrogen-bond donors (Lipinski definition) is 0. The fourth-order valence-corrected chi connectivity index (χ4v) is 16.1. The molecule has 0 nitrogen and oxygen atoms in total. The second-order valence-electron chi connectivity index (χ2n) is 31.8. The Labute approximate surface area is 689 Å². The number of aryl methyl sites for hydroxylation is 8. The van der Waals surface area contributed by atoms with Crippen LogP contribution in [0.5, 0.6) is 0 Å². The molecule has 0 heterocycles. The van der Waals surface area contributed by atoms with Crippen LogP contribution in [-0.2, 0) is 56.8 Å². The van der Waals surface area contributed by atoms with Crippen molar-refractivity contribution in [2.24, 2.45) is 0 Å². The molecule has 0 aromatic heterocycles. The van der Waals surface area contributed by atoms with E-state index in [9.17, 15) is 0 Å². The molecule has 0 aliphatic carbocycles. The zero-order valence-corrected chi connectivity index (χ0v) is 71.0. The van der Waals surface area contributed by atoms with Gasteiger partial charge in [0.1, 0.15) is 0 Å². The van der Waals surface area contributed by atoms with Gasteiger partial charge in [-0.2, -0.15) is 0 Å². The van der Waals surface area contributed by atoms with Gasteiger partial charge in [0.2, 0.25) is 0 Å². The summed E-state index contributed by atoms with van der Waals surface area (Å²) in [6, 6.07) is 54.7. The molecule has 8 aromatic rings. The Morgan fingerprint density at radius 2 is 0.336 bits per heavy atom. The van der Waals surface area contributed by atoms with Crippen LogP contribution in [0.4, 0.5) is 0 Å². The number of hydrogen-bond acceptors (Lipinski definition) is 0. The van der Waals surface area contributed by atoms with E-state index in [1.54, 1.807) is 0 Å². The molecule has 0 heteroatoms. The fourth-order valence-electron chi connectivity index (χ4n) is 16.1. The molecule has 113 heavy (non-hydrogen) atoms. The van der Waals surface area contributed by atoms with E-state index in [2.05, 4.69) is 272 Å². The second-order valence-corrected chi connectivity index (χ2v) is 31.8. The highest BCUT2D eigenvalue weighted by atomic mass is 14.4. The number of unbranched alkanes of at least 4 members (excludes halogenated alkanes) is 24. The normalized spacial score (nSPS) is 10.9. The van der Waals surface area contributed by atoms with E-state index in [1.807, 2.05) is 0 Å². The highest BCUT2D eigenvalue weighted by molar-refractivity contribution is 5.65. The molecule has 0 saturated carbocycles. The molecule has 0 N–H and O–H groups in total. The van der Waals surface area contributed by atoms with Crippen LogP contribution in [0.3, 0.4) is 0 Å². The van der Waals surface area contributed by atoms with Crippen molar-refractivity contribution in [3.63, 3.8) is 0 Å². The van der Waals surface area contributed by atoms with Gasteiger partial charge in [-0.05, 0) is 267 Å². The van der Waals surface area contributed by atoms with Gasteiger partial charge < -0.3 is 0 Å². The Morgan fingerprint density at radius 3 is 0.487 bits per heavy atom. The van der Waals surface area contributed by atoms with E-state index >= 15 is 0 Å². The molecule has 8 aromatic carbocycles. The first-order valence-corrected chi connectivity index (χ1v) is 44.5. The monoisotopic (exact) mass is 1490 g/mol. The van der Waals surface area contributed by atoms with E-state index < -0.39 is 5.41 Å². The molecule has 0 aliphatic rings. The maximum atomic E-state index is 6.30. The summed E-state index contributed by atoms with van der Waals surface area (Å²) in [5, 5.41) is 0. The largest absolute Gasteiger partial charge is 0.115 e. The van der Waals surface area contributed by atoms with Crippen molar-refractivity contribution in [3.05, 3.63) is 279 Å². The second kappa shape index (κ2) is 50.4. The maximum absolute atomic E-state index is 6.30. The van der Waals surface area contributed by atoms with Gasteiger partial charge in [-0.3, -0.25) is 0 Å². The molecular formula is C113H132. The van der Waals surface area contributed by atoms with Crippen LogP contribution in [0.1, 0.15) is 394 Å². The average Bonchev–Trinajstić information content (AvgIpc) is 0.731. The van der Waals surface area contributed by atoms with Crippen LogP contribution in [0.25, 0.3) is 0 Å². The number of terminal acetylenes is 4. The lowest BCUT2D eigenvalue weighted by atomic mass is 9.65. The molecule has 0 amide bonds. The molecule has 0 saturated heterocycles. The predicted molar refractivity (Wildman–Crippen MR) is 489 cm³/mol. The lowest BCUT2D eigenvalue weighted by Gasteiger charge is -2.37. The van der Waals surface area contributed by atoms with Crippen LogP contribution in [-0.4, -0.2) is 0 Å². The zero-order chi connectivity index (χ0) is 80.1. The summed E-state index contributed by atoms with van der Waals surface area (Å²) in [6.45, 7) is 18.2. The van der Waals surface area contributed by atoms with Crippen molar-refractivity contribution in [1.29, 1.82) is 0 Å². The first-order valence-electron chi connectivity index (χ1n) is 44.5. The van der Waals surface area contributed by atoms with Gasteiger partial charge in [0, 0.05) is 66.8 Å². The standard InChI is InChI=1S/C113H132/c1-13-25-33-41-49-97-85-105(101(81-93(97)21-9)53-45-37-29-17-5)69-57-89-61-73-109(74-62-89)113(110-75-63-90(64-76-110)58-70-106-86-98(50-42-34-26-14-2)94(22-10)82-102(106)54-46-38-30-18-6,111-77-65-91(66-78-111)59-71-107-87-99(51-43-35-27-15-3)95(23-11)83-103(107)55-47-39-31-19-7)112-79-67-92(68-80-112)60-72-108-88-100(52-44-36-28-16-4)96(24-12)84-104(108)56-48-40-32-20-8/h9-12,61-68,73-88H,13-20,25-56H2,1-8H3.